The molecule has 1 radical (unpaired) electrons. The number of sulfonamides is 1. The van der Waals surface area contributed by atoms with Crippen LogP contribution in [0.25, 0.3) is 0 Å². The Morgan fingerprint density at radius 2 is 1.92 bits per heavy atom. The summed E-state index contributed by atoms with van der Waals surface area (Å²) in [4.78, 5) is 9.78. The summed E-state index contributed by atoms with van der Waals surface area (Å²) in [6.07, 6.45) is 5.31. The number of hydrogen-bond donors (Lipinski definition) is 1. The van der Waals surface area contributed by atoms with Crippen molar-refractivity contribution >= 4 is 16.4 Å². The normalized spacial score (nSPS) is 19.3. The average Bonchev–Trinajstić information content (AvgIpc) is 2.38. The third kappa shape index (κ3) is 2.81. The van der Waals surface area contributed by atoms with Gasteiger partial charge in [0.25, 0.3) is 0 Å². The lowest BCUT2D eigenvalue weighted by atomic mass is 10.1. The van der Waals surface area contributed by atoms with Gasteiger partial charge in [-0.25, -0.2) is 13.1 Å². The zero-order valence-corrected chi connectivity index (χ0v) is 7.56. The van der Waals surface area contributed by atoms with Gasteiger partial charge in [0.05, 0.1) is 5.75 Å². The van der Waals surface area contributed by atoms with Crippen LogP contribution < -0.4 is 4.72 Å². The summed E-state index contributed by atoms with van der Waals surface area (Å²) in [5.74, 6) is 0.304. The topological polar surface area (TPSA) is 63.2 Å². The Balaban J connectivity index is 2.43. The van der Waals surface area contributed by atoms with Gasteiger partial charge >= 0.3 is 6.41 Å². The molecule has 1 N–H and O–H groups in total. The molecular formula is C7H12NO3S. The predicted molar refractivity (Wildman–Crippen MR) is 44.6 cm³/mol. The van der Waals surface area contributed by atoms with E-state index in [9.17, 15) is 13.2 Å². The Labute approximate surface area is 72.4 Å². The van der Waals surface area contributed by atoms with Crippen molar-refractivity contribution in [2.75, 3.05) is 5.75 Å². The number of hydrogen-bond acceptors (Lipinski definition) is 3. The monoisotopic (exact) mass is 190 g/mol. The summed E-state index contributed by atoms with van der Waals surface area (Å²) < 4.78 is 23.7. The van der Waals surface area contributed by atoms with Crippen molar-refractivity contribution in [1.82, 2.24) is 4.72 Å². The molecule has 0 saturated heterocycles. The Morgan fingerprint density at radius 3 is 2.42 bits per heavy atom. The number of amides is 1. The smallest absolute Gasteiger partial charge is 0.263 e. The molecule has 1 aliphatic carbocycles. The third-order valence-corrected chi connectivity index (χ3v) is 3.43. The number of rotatable bonds is 4. The van der Waals surface area contributed by atoms with Gasteiger partial charge in [-0.05, 0) is 18.8 Å². The van der Waals surface area contributed by atoms with Gasteiger partial charge in [-0.1, -0.05) is 12.8 Å². The van der Waals surface area contributed by atoms with Gasteiger partial charge < -0.3 is 0 Å². The van der Waals surface area contributed by atoms with Gasteiger partial charge in [0.2, 0.25) is 10.0 Å². The summed E-state index contributed by atoms with van der Waals surface area (Å²) in [5, 5.41) is 0. The minimum Gasteiger partial charge on any atom is -0.263 e. The van der Waals surface area contributed by atoms with E-state index in [-0.39, 0.29) is 11.7 Å². The summed E-state index contributed by atoms with van der Waals surface area (Å²) in [5.41, 5.74) is 0. The highest BCUT2D eigenvalue weighted by atomic mass is 32.2. The van der Waals surface area contributed by atoms with Crippen LogP contribution in [0.15, 0.2) is 0 Å². The van der Waals surface area contributed by atoms with E-state index in [2.05, 4.69) is 0 Å². The Morgan fingerprint density at radius 1 is 1.33 bits per heavy atom. The van der Waals surface area contributed by atoms with Crippen LogP contribution in [0.3, 0.4) is 0 Å². The fourth-order valence-corrected chi connectivity index (χ4v) is 2.76. The molecule has 0 aliphatic heterocycles. The second-order valence-electron chi connectivity index (χ2n) is 3.14. The van der Waals surface area contributed by atoms with Gasteiger partial charge in [0, 0.05) is 0 Å². The molecule has 0 aromatic carbocycles. The molecule has 0 spiro atoms. The molecular weight excluding hydrogens is 178 g/mol. The summed E-state index contributed by atoms with van der Waals surface area (Å²) >= 11 is 0. The molecule has 0 unspecified atom stereocenters. The minimum atomic E-state index is -3.39. The van der Waals surface area contributed by atoms with Crippen LogP contribution in [-0.2, 0) is 14.8 Å². The maximum absolute atomic E-state index is 11.0. The van der Waals surface area contributed by atoms with Crippen LogP contribution in [0.4, 0.5) is 0 Å². The first kappa shape index (κ1) is 9.51. The molecule has 0 bridgehead atoms. The van der Waals surface area contributed by atoms with E-state index in [0.29, 0.717) is 0 Å². The fourth-order valence-electron chi connectivity index (χ4n) is 1.59. The van der Waals surface area contributed by atoms with E-state index >= 15 is 0 Å². The maximum Gasteiger partial charge on any atom is 0.323 e. The van der Waals surface area contributed by atoms with Crippen LogP contribution >= 0.6 is 0 Å². The molecule has 4 nitrogen and oxygen atoms in total. The molecule has 0 aromatic rings. The maximum atomic E-state index is 11.0. The number of carbonyl (C=O) groups excluding carboxylic acids is 1. The van der Waals surface area contributed by atoms with Crippen LogP contribution in [0.2, 0.25) is 0 Å². The zero-order valence-electron chi connectivity index (χ0n) is 6.75. The molecule has 0 aromatic heterocycles. The molecule has 1 amide bonds. The highest BCUT2D eigenvalue weighted by Crippen LogP contribution is 2.25. The molecule has 0 atom stereocenters. The quantitative estimate of drug-likeness (QED) is 0.642. The largest absolute Gasteiger partial charge is 0.323 e. The van der Waals surface area contributed by atoms with E-state index in [1.165, 1.54) is 6.41 Å². The van der Waals surface area contributed by atoms with Gasteiger partial charge in [0.15, 0.2) is 0 Å². The van der Waals surface area contributed by atoms with Crippen molar-refractivity contribution in [2.24, 2.45) is 5.92 Å². The predicted octanol–water partition coefficient (Wildman–Crippen LogP) is 0.163. The molecule has 5 heteroatoms. The van der Waals surface area contributed by atoms with Crippen LogP contribution in [0, 0.1) is 5.92 Å². The average molecular weight is 190 g/mol. The molecule has 1 rings (SSSR count). The highest BCUT2D eigenvalue weighted by molar-refractivity contribution is 7.89. The van der Waals surface area contributed by atoms with Crippen LogP contribution in [-0.4, -0.2) is 20.6 Å². The van der Waals surface area contributed by atoms with Gasteiger partial charge in [-0.2, -0.15) is 0 Å². The molecule has 12 heavy (non-hydrogen) atoms. The SMILES string of the molecule is O=[C]NS(=O)(=O)CC1CCCC1. The van der Waals surface area contributed by atoms with Crippen LogP contribution in [0.1, 0.15) is 25.7 Å². The van der Waals surface area contributed by atoms with Crippen molar-refractivity contribution in [3.05, 3.63) is 0 Å². The first-order valence-corrected chi connectivity index (χ1v) is 5.66. The summed E-state index contributed by atoms with van der Waals surface area (Å²) in [6, 6.07) is 0. The van der Waals surface area contributed by atoms with Gasteiger partial charge in [0.1, 0.15) is 0 Å². The minimum absolute atomic E-state index is 0.0717. The highest BCUT2D eigenvalue weighted by Gasteiger charge is 2.21. The Bertz CT molecular complexity index is 241. The second kappa shape index (κ2) is 3.89. The standard InChI is InChI=1S/C7H12NO3S/c9-6-8-12(10,11)5-7-3-1-2-4-7/h7H,1-5H2,(H,8,9). The zero-order chi connectivity index (χ0) is 9.03. The van der Waals surface area contributed by atoms with E-state index in [1.807, 2.05) is 0 Å². The van der Waals surface area contributed by atoms with E-state index < -0.39 is 10.0 Å². The first-order chi connectivity index (χ1) is 5.64. The fraction of sp³-hybridized carbons (Fsp3) is 0.857. The molecule has 69 valence electrons. The second-order valence-corrected chi connectivity index (χ2v) is 4.90. The molecule has 1 aliphatic rings. The van der Waals surface area contributed by atoms with E-state index in [0.717, 1.165) is 25.7 Å². The first-order valence-electron chi connectivity index (χ1n) is 4.01. The van der Waals surface area contributed by atoms with Crippen molar-refractivity contribution in [3.63, 3.8) is 0 Å². The van der Waals surface area contributed by atoms with Gasteiger partial charge in [-0.15, -0.1) is 0 Å². The van der Waals surface area contributed by atoms with E-state index in [1.54, 1.807) is 4.72 Å². The lowest BCUT2D eigenvalue weighted by Gasteiger charge is -2.07. The molecule has 1 saturated carbocycles. The van der Waals surface area contributed by atoms with Crippen molar-refractivity contribution in [2.45, 2.75) is 25.7 Å². The summed E-state index contributed by atoms with van der Waals surface area (Å²) in [7, 11) is -3.39. The Kier molecular flexibility index (Phi) is 3.08. The van der Waals surface area contributed by atoms with Crippen molar-refractivity contribution < 1.29 is 13.2 Å². The third-order valence-electron chi connectivity index (χ3n) is 2.13. The molecule has 1 fully saturated rings. The Hall–Kier alpha value is -0.580. The lowest BCUT2D eigenvalue weighted by Crippen LogP contribution is -2.27. The van der Waals surface area contributed by atoms with Gasteiger partial charge in [-0.3, -0.25) is 4.79 Å². The van der Waals surface area contributed by atoms with Crippen molar-refractivity contribution in [1.29, 1.82) is 0 Å². The van der Waals surface area contributed by atoms with E-state index in [4.69, 9.17) is 0 Å². The molecule has 0 heterocycles. The lowest BCUT2D eigenvalue weighted by molar-refractivity contribution is 0.538. The number of nitrogens with one attached hydrogen (secondary N) is 1. The van der Waals surface area contributed by atoms with Crippen molar-refractivity contribution in [3.8, 4) is 0 Å². The van der Waals surface area contributed by atoms with Crippen LogP contribution in [0.5, 0.6) is 0 Å². The summed E-state index contributed by atoms with van der Waals surface area (Å²) in [6.45, 7) is 0.